The minimum absolute atomic E-state index is 0.340. The van der Waals surface area contributed by atoms with Crippen LogP contribution >= 0.6 is 11.3 Å². The van der Waals surface area contributed by atoms with Crippen molar-refractivity contribution in [3.8, 4) is 22.8 Å². The predicted molar refractivity (Wildman–Crippen MR) is 69.9 cm³/mol. The number of hydrogen-bond donors (Lipinski definition) is 0. The van der Waals surface area contributed by atoms with Crippen LogP contribution in [0.15, 0.2) is 23.6 Å². The maximum Gasteiger partial charge on any atom is 0.367 e. The lowest BCUT2D eigenvalue weighted by molar-refractivity contribution is 0.0600. The maximum atomic E-state index is 11.4. The molecule has 0 amide bonds. The summed E-state index contributed by atoms with van der Waals surface area (Å²) in [5.41, 5.74) is 1.61. The molecule has 0 unspecified atom stereocenters. The molecule has 0 saturated heterocycles. The van der Waals surface area contributed by atoms with Gasteiger partial charge in [-0.15, -0.1) is 11.3 Å². The second-order valence-corrected chi connectivity index (χ2v) is 4.75. The summed E-state index contributed by atoms with van der Waals surface area (Å²) in [5.74, 6) is 1.02. The molecule has 5 nitrogen and oxygen atoms in total. The van der Waals surface area contributed by atoms with Crippen LogP contribution in [-0.2, 0) is 4.74 Å². The lowest BCUT2D eigenvalue weighted by Crippen LogP contribution is -2.15. The van der Waals surface area contributed by atoms with E-state index < -0.39 is 5.97 Å². The number of nitrogens with zero attached hydrogens (tertiary/aromatic N) is 1. The van der Waals surface area contributed by atoms with Crippen molar-refractivity contribution in [3.63, 3.8) is 0 Å². The molecule has 1 aromatic carbocycles. The molecule has 2 heterocycles. The lowest BCUT2D eigenvalue weighted by atomic mass is 10.1. The molecule has 1 aliphatic heterocycles. The standard InChI is InChI=1S/C13H11NO4S/c1-16-13(15)12-14-9(7-19-12)8-2-3-10-11(6-8)18-5-4-17-10/h2-3,6-7H,4-5H2,1H3. The molecule has 0 fully saturated rings. The summed E-state index contributed by atoms with van der Waals surface area (Å²) in [4.78, 5) is 15.6. The topological polar surface area (TPSA) is 57.7 Å². The van der Waals surface area contributed by atoms with E-state index in [1.54, 1.807) is 0 Å². The summed E-state index contributed by atoms with van der Waals surface area (Å²) in [7, 11) is 1.34. The largest absolute Gasteiger partial charge is 0.486 e. The average molecular weight is 277 g/mol. The second-order valence-electron chi connectivity index (χ2n) is 3.89. The number of fused-ring (bicyclic) bond motifs is 1. The number of methoxy groups -OCH3 is 1. The molecule has 1 aromatic heterocycles. The number of esters is 1. The molecule has 0 N–H and O–H groups in total. The molecule has 1 aliphatic rings. The summed E-state index contributed by atoms with van der Waals surface area (Å²) in [5, 5.41) is 2.16. The van der Waals surface area contributed by atoms with Gasteiger partial charge in [0.2, 0.25) is 5.01 Å². The highest BCUT2D eigenvalue weighted by atomic mass is 32.1. The van der Waals surface area contributed by atoms with Crippen molar-refractivity contribution in [2.75, 3.05) is 20.3 Å². The Bertz CT molecular complexity index is 623. The van der Waals surface area contributed by atoms with Gasteiger partial charge in [-0.2, -0.15) is 0 Å². The Labute approximate surface area is 113 Å². The first-order chi connectivity index (χ1) is 9.28. The van der Waals surface area contributed by atoms with Crippen LogP contribution in [0, 0.1) is 0 Å². The molecular formula is C13H11NO4S. The number of benzene rings is 1. The molecule has 0 atom stereocenters. The fraction of sp³-hybridized carbons (Fsp3) is 0.231. The smallest absolute Gasteiger partial charge is 0.367 e. The average Bonchev–Trinajstić information content (AvgIpc) is 2.95. The van der Waals surface area contributed by atoms with E-state index in [4.69, 9.17) is 9.47 Å². The van der Waals surface area contributed by atoms with Crippen LogP contribution in [0.25, 0.3) is 11.3 Å². The zero-order valence-electron chi connectivity index (χ0n) is 10.2. The normalized spacial score (nSPS) is 13.1. The van der Waals surface area contributed by atoms with Gasteiger partial charge in [-0.05, 0) is 18.2 Å². The highest BCUT2D eigenvalue weighted by Crippen LogP contribution is 2.34. The van der Waals surface area contributed by atoms with Crippen LogP contribution in [0.5, 0.6) is 11.5 Å². The van der Waals surface area contributed by atoms with E-state index in [2.05, 4.69) is 9.72 Å². The second kappa shape index (κ2) is 4.89. The summed E-state index contributed by atoms with van der Waals surface area (Å²) in [6, 6.07) is 5.61. The van der Waals surface area contributed by atoms with Gasteiger partial charge in [0.25, 0.3) is 0 Å². The van der Waals surface area contributed by atoms with E-state index in [-0.39, 0.29) is 0 Å². The number of ether oxygens (including phenoxy) is 3. The Morgan fingerprint density at radius 3 is 2.89 bits per heavy atom. The third-order valence-electron chi connectivity index (χ3n) is 2.70. The quantitative estimate of drug-likeness (QED) is 0.789. The first-order valence-electron chi connectivity index (χ1n) is 5.72. The van der Waals surface area contributed by atoms with Gasteiger partial charge in [0.1, 0.15) is 13.2 Å². The SMILES string of the molecule is COC(=O)c1nc(-c2ccc3c(c2)OCCO3)cs1. The van der Waals surface area contributed by atoms with Crippen molar-refractivity contribution >= 4 is 17.3 Å². The van der Waals surface area contributed by atoms with E-state index in [1.165, 1.54) is 18.4 Å². The molecule has 0 radical (unpaired) electrons. The fourth-order valence-electron chi connectivity index (χ4n) is 1.79. The molecular weight excluding hydrogens is 266 g/mol. The van der Waals surface area contributed by atoms with E-state index >= 15 is 0 Å². The number of aromatic nitrogens is 1. The minimum Gasteiger partial charge on any atom is -0.486 e. The van der Waals surface area contributed by atoms with Crippen LogP contribution in [0.2, 0.25) is 0 Å². The van der Waals surface area contributed by atoms with Crippen molar-refractivity contribution in [1.29, 1.82) is 0 Å². The van der Waals surface area contributed by atoms with E-state index in [9.17, 15) is 4.79 Å². The maximum absolute atomic E-state index is 11.4. The van der Waals surface area contributed by atoms with Gasteiger partial charge in [0.15, 0.2) is 11.5 Å². The Morgan fingerprint density at radius 1 is 1.32 bits per heavy atom. The molecule has 0 spiro atoms. The van der Waals surface area contributed by atoms with Gasteiger partial charge in [0.05, 0.1) is 12.8 Å². The van der Waals surface area contributed by atoms with Gasteiger partial charge >= 0.3 is 5.97 Å². The van der Waals surface area contributed by atoms with Crippen LogP contribution in [0.3, 0.4) is 0 Å². The van der Waals surface area contributed by atoms with Crippen LogP contribution in [0.4, 0.5) is 0 Å². The van der Waals surface area contributed by atoms with Crippen molar-refractivity contribution in [2.24, 2.45) is 0 Å². The summed E-state index contributed by atoms with van der Waals surface area (Å²) >= 11 is 1.26. The number of rotatable bonds is 2. The molecule has 0 aliphatic carbocycles. The molecule has 0 bridgehead atoms. The van der Waals surface area contributed by atoms with Gasteiger partial charge in [-0.3, -0.25) is 0 Å². The summed E-state index contributed by atoms with van der Waals surface area (Å²) in [6.07, 6.45) is 0. The van der Waals surface area contributed by atoms with Gasteiger partial charge in [-0.1, -0.05) is 0 Å². The summed E-state index contributed by atoms with van der Waals surface area (Å²) in [6.45, 7) is 1.11. The molecule has 19 heavy (non-hydrogen) atoms. The van der Waals surface area contributed by atoms with E-state index in [1.807, 2.05) is 23.6 Å². The van der Waals surface area contributed by atoms with Crippen LogP contribution in [-0.4, -0.2) is 31.3 Å². The fourth-order valence-corrected chi connectivity index (χ4v) is 2.53. The van der Waals surface area contributed by atoms with Gasteiger partial charge < -0.3 is 14.2 Å². The molecule has 6 heteroatoms. The minimum atomic E-state index is -0.422. The van der Waals surface area contributed by atoms with Gasteiger partial charge in [-0.25, -0.2) is 9.78 Å². The Morgan fingerprint density at radius 2 is 2.11 bits per heavy atom. The summed E-state index contributed by atoms with van der Waals surface area (Å²) < 4.78 is 15.6. The predicted octanol–water partition coefficient (Wildman–Crippen LogP) is 2.37. The van der Waals surface area contributed by atoms with Crippen molar-refractivity contribution in [3.05, 3.63) is 28.6 Å². The zero-order chi connectivity index (χ0) is 13.2. The first-order valence-corrected chi connectivity index (χ1v) is 6.60. The number of hydrogen-bond acceptors (Lipinski definition) is 6. The van der Waals surface area contributed by atoms with E-state index in [0.29, 0.717) is 24.0 Å². The van der Waals surface area contributed by atoms with Crippen molar-refractivity contribution in [1.82, 2.24) is 4.98 Å². The lowest BCUT2D eigenvalue weighted by Gasteiger charge is -2.18. The molecule has 2 aromatic rings. The number of thiazole rings is 1. The Balaban J connectivity index is 1.93. The van der Waals surface area contributed by atoms with E-state index in [0.717, 1.165) is 17.0 Å². The first kappa shape index (κ1) is 12.0. The third kappa shape index (κ3) is 2.26. The zero-order valence-corrected chi connectivity index (χ0v) is 11.0. The monoisotopic (exact) mass is 277 g/mol. The third-order valence-corrected chi connectivity index (χ3v) is 3.52. The highest BCUT2D eigenvalue weighted by Gasteiger charge is 2.15. The molecule has 0 saturated carbocycles. The van der Waals surface area contributed by atoms with Crippen molar-refractivity contribution in [2.45, 2.75) is 0 Å². The van der Waals surface area contributed by atoms with Gasteiger partial charge in [0, 0.05) is 10.9 Å². The van der Waals surface area contributed by atoms with Crippen LogP contribution < -0.4 is 9.47 Å². The Kier molecular flexibility index (Phi) is 3.08. The number of carbonyl (C=O) groups is 1. The Hall–Kier alpha value is -2.08. The molecule has 98 valence electrons. The molecule has 3 rings (SSSR count). The number of carbonyl (C=O) groups excluding carboxylic acids is 1. The van der Waals surface area contributed by atoms with Crippen LogP contribution in [0.1, 0.15) is 9.80 Å². The highest BCUT2D eigenvalue weighted by molar-refractivity contribution is 7.11. The van der Waals surface area contributed by atoms with Crippen molar-refractivity contribution < 1.29 is 19.0 Å².